The number of ether oxygens (including phenoxy) is 1. The summed E-state index contributed by atoms with van der Waals surface area (Å²) >= 11 is 0. The maximum Gasteiger partial charge on any atom is 0.195 e. The standard InChI is InChI=1S/C7H10O2/c1-6(2)5(8)7(9-6)3-4-7/h3-4H2,1-2H3. The average Bonchev–Trinajstić information content (AvgIpc) is 2.47. The summed E-state index contributed by atoms with van der Waals surface area (Å²) in [5.74, 6) is 0.301. The van der Waals surface area contributed by atoms with Crippen molar-refractivity contribution in [2.75, 3.05) is 0 Å². The molecule has 0 aromatic carbocycles. The Hall–Kier alpha value is -0.370. The lowest BCUT2D eigenvalue weighted by atomic mass is 9.89. The van der Waals surface area contributed by atoms with E-state index >= 15 is 0 Å². The van der Waals surface area contributed by atoms with Crippen molar-refractivity contribution in [3.05, 3.63) is 0 Å². The molecule has 1 spiro atoms. The highest BCUT2D eigenvalue weighted by Crippen LogP contribution is 2.53. The number of carbonyl (C=O) groups is 1. The molecule has 0 bridgehead atoms. The molecule has 1 heterocycles. The predicted molar refractivity (Wildman–Crippen MR) is 32.1 cm³/mol. The van der Waals surface area contributed by atoms with Crippen LogP contribution in [-0.2, 0) is 9.53 Å². The molecule has 1 aliphatic carbocycles. The fourth-order valence-corrected chi connectivity index (χ4v) is 1.53. The van der Waals surface area contributed by atoms with E-state index in [1.807, 2.05) is 13.8 Å². The summed E-state index contributed by atoms with van der Waals surface area (Å²) in [6.07, 6.45) is 1.91. The lowest BCUT2D eigenvalue weighted by Crippen LogP contribution is -2.59. The Kier molecular flexibility index (Phi) is 0.650. The molecule has 2 heteroatoms. The first-order chi connectivity index (χ1) is 4.07. The van der Waals surface area contributed by atoms with E-state index < -0.39 is 5.60 Å². The maximum atomic E-state index is 11.1. The number of ketones is 1. The van der Waals surface area contributed by atoms with Gasteiger partial charge in [0.1, 0.15) is 11.2 Å². The molecule has 0 aromatic heterocycles. The Bertz CT molecular complexity index is 171. The lowest BCUT2D eigenvalue weighted by molar-refractivity contribution is -0.201. The Morgan fingerprint density at radius 1 is 1.44 bits per heavy atom. The van der Waals surface area contributed by atoms with Crippen LogP contribution in [0.3, 0.4) is 0 Å². The van der Waals surface area contributed by atoms with Gasteiger partial charge in [0.2, 0.25) is 0 Å². The fourth-order valence-electron chi connectivity index (χ4n) is 1.53. The monoisotopic (exact) mass is 126 g/mol. The molecule has 1 aliphatic heterocycles. The van der Waals surface area contributed by atoms with Gasteiger partial charge >= 0.3 is 0 Å². The van der Waals surface area contributed by atoms with Crippen LogP contribution >= 0.6 is 0 Å². The van der Waals surface area contributed by atoms with Gasteiger partial charge in [0.15, 0.2) is 5.78 Å². The van der Waals surface area contributed by atoms with E-state index in [1.165, 1.54) is 0 Å². The second kappa shape index (κ2) is 1.08. The van der Waals surface area contributed by atoms with Crippen LogP contribution in [0.15, 0.2) is 0 Å². The molecule has 2 aliphatic rings. The van der Waals surface area contributed by atoms with Crippen molar-refractivity contribution in [2.24, 2.45) is 0 Å². The summed E-state index contributed by atoms with van der Waals surface area (Å²) in [6, 6.07) is 0. The second-order valence-electron chi connectivity index (χ2n) is 3.44. The minimum absolute atomic E-state index is 0.274. The maximum absolute atomic E-state index is 11.1. The molecular weight excluding hydrogens is 116 g/mol. The van der Waals surface area contributed by atoms with E-state index in [9.17, 15) is 4.79 Å². The van der Waals surface area contributed by atoms with Gasteiger partial charge in [-0.25, -0.2) is 0 Å². The average molecular weight is 126 g/mol. The molecule has 0 amide bonds. The number of carbonyl (C=O) groups excluding carboxylic acids is 1. The van der Waals surface area contributed by atoms with Crippen molar-refractivity contribution >= 4 is 5.78 Å². The van der Waals surface area contributed by atoms with Gasteiger partial charge in [-0.2, -0.15) is 0 Å². The van der Waals surface area contributed by atoms with E-state index in [0.29, 0.717) is 5.78 Å². The van der Waals surface area contributed by atoms with Crippen molar-refractivity contribution in [1.82, 2.24) is 0 Å². The molecule has 0 aromatic rings. The molecule has 2 nitrogen and oxygen atoms in total. The minimum Gasteiger partial charge on any atom is -0.353 e. The van der Waals surface area contributed by atoms with Crippen molar-refractivity contribution in [3.63, 3.8) is 0 Å². The lowest BCUT2D eigenvalue weighted by Gasteiger charge is -2.41. The first kappa shape index (κ1) is 5.42. The van der Waals surface area contributed by atoms with Crippen LogP contribution in [0.1, 0.15) is 26.7 Å². The molecule has 1 saturated heterocycles. The van der Waals surface area contributed by atoms with E-state index in [-0.39, 0.29) is 5.60 Å². The summed E-state index contributed by atoms with van der Waals surface area (Å²) in [6.45, 7) is 3.66. The number of Topliss-reactive ketones (excluding diaryl/α,β-unsaturated/α-hetero) is 1. The van der Waals surface area contributed by atoms with Crippen molar-refractivity contribution in [1.29, 1.82) is 0 Å². The quantitative estimate of drug-likeness (QED) is 0.482. The van der Waals surface area contributed by atoms with Crippen molar-refractivity contribution in [2.45, 2.75) is 37.9 Å². The topological polar surface area (TPSA) is 26.3 Å². The van der Waals surface area contributed by atoms with Gasteiger partial charge in [-0.05, 0) is 26.7 Å². The van der Waals surface area contributed by atoms with Crippen molar-refractivity contribution < 1.29 is 9.53 Å². The van der Waals surface area contributed by atoms with Gasteiger partial charge in [0.05, 0.1) is 0 Å². The van der Waals surface area contributed by atoms with Crippen LogP contribution in [0.4, 0.5) is 0 Å². The van der Waals surface area contributed by atoms with Gasteiger partial charge < -0.3 is 4.74 Å². The molecule has 1 saturated carbocycles. The minimum atomic E-state index is -0.462. The summed E-state index contributed by atoms with van der Waals surface area (Å²) in [4.78, 5) is 11.1. The summed E-state index contributed by atoms with van der Waals surface area (Å²) in [5.41, 5.74) is -0.736. The molecule has 0 atom stereocenters. The van der Waals surface area contributed by atoms with Crippen LogP contribution in [0, 0.1) is 0 Å². The molecule has 0 unspecified atom stereocenters. The molecule has 50 valence electrons. The van der Waals surface area contributed by atoms with Crippen molar-refractivity contribution in [3.8, 4) is 0 Å². The van der Waals surface area contributed by atoms with Gasteiger partial charge in [-0.1, -0.05) is 0 Å². The van der Waals surface area contributed by atoms with Gasteiger partial charge in [0, 0.05) is 0 Å². The van der Waals surface area contributed by atoms with Crippen LogP contribution < -0.4 is 0 Å². The summed E-state index contributed by atoms with van der Waals surface area (Å²) < 4.78 is 5.39. The number of hydrogen-bond donors (Lipinski definition) is 0. The van der Waals surface area contributed by atoms with Crippen LogP contribution in [0.5, 0.6) is 0 Å². The molecule has 9 heavy (non-hydrogen) atoms. The predicted octanol–water partition coefficient (Wildman–Crippen LogP) is 0.897. The molecule has 2 fully saturated rings. The Morgan fingerprint density at radius 3 is 2.11 bits per heavy atom. The Labute approximate surface area is 54.2 Å². The second-order valence-corrected chi connectivity index (χ2v) is 3.44. The highest BCUT2D eigenvalue weighted by Gasteiger charge is 2.67. The number of hydrogen-bond acceptors (Lipinski definition) is 2. The first-order valence-electron chi connectivity index (χ1n) is 3.32. The molecule has 0 radical (unpaired) electrons. The van der Waals surface area contributed by atoms with E-state index in [2.05, 4.69) is 0 Å². The Morgan fingerprint density at radius 2 is 2.00 bits per heavy atom. The molecule has 0 N–H and O–H groups in total. The first-order valence-corrected chi connectivity index (χ1v) is 3.32. The van der Waals surface area contributed by atoms with Gasteiger partial charge in [-0.3, -0.25) is 4.79 Å². The van der Waals surface area contributed by atoms with Crippen LogP contribution in [0.2, 0.25) is 0 Å². The van der Waals surface area contributed by atoms with Gasteiger partial charge in [-0.15, -0.1) is 0 Å². The normalized spacial score (nSPS) is 34.2. The smallest absolute Gasteiger partial charge is 0.195 e. The van der Waals surface area contributed by atoms with E-state index in [0.717, 1.165) is 12.8 Å². The zero-order valence-electron chi connectivity index (χ0n) is 5.73. The number of rotatable bonds is 0. The zero-order chi connectivity index (χ0) is 6.70. The SMILES string of the molecule is CC1(C)OC2(CC2)C1=O. The largest absolute Gasteiger partial charge is 0.353 e. The highest BCUT2D eigenvalue weighted by molar-refractivity contribution is 6.01. The third-order valence-corrected chi connectivity index (χ3v) is 2.12. The van der Waals surface area contributed by atoms with Gasteiger partial charge in [0.25, 0.3) is 0 Å². The third-order valence-electron chi connectivity index (χ3n) is 2.12. The van der Waals surface area contributed by atoms with Crippen LogP contribution in [-0.4, -0.2) is 17.0 Å². The summed E-state index contributed by atoms with van der Waals surface area (Å²) in [5, 5.41) is 0. The molecular formula is C7H10O2. The zero-order valence-corrected chi connectivity index (χ0v) is 5.73. The summed E-state index contributed by atoms with van der Waals surface area (Å²) in [7, 11) is 0. The Balaban J connectivity index is 2.21. The van der Waals surface area contributed by atoms with Crippen LogP contribution in [0.25, 0.3) is 0 Å². The highest BCUT2D eigenvalue weighted by atomic mass is 16.6. The van der Waals surface area contributed by atoms with E-state index in [1.54, 1.807) is 0 Å². The fraction of sp³-hybridized carbons (Fsp3) is 0.857. The molecule has 2 rings (SSSR count). The third kappa shape index (κ3) is 0.472. The van der Waals surface area contributed by atoms with E-state index in [4.69, 9.17) is 4.74 Å².